The van der Waals surface area contributed by atoms with E-state index in [4.69, 9.17) is 0 Å². The molecule has 0 radical (unpaired) electrons. The number of hydrogen-bond acceptors (Lipinski definition) is 2. The lowest BCUT2D eigenvalue weighted by Crippen LogP contribution is -2.32. The van der Waals surface area contributed by atoms with E-state index >= 15 is 0 Å². The average Bonchev–Trinajstić information content (AvgIpc) is 2.80. The lowest BCUT2D eigenvalue weighted by atomic mass is 9.97. The molecule has 0 saturated carbocycles. The van der Waals surface area contributed by atoms with Crippen LogP contribution < -0.4 is 0 Å². The Balaban J connectivity index is 2.05. The van der Waals surface area contributed by atoms with Crippen LogP contribution in [0.4, 0.5) is 4.39 Å². The van der Waals surface area contributed by atoms with Crippen molar-refractivity contribution in [1.29, 1.82) is 0 Å². The number of halogens is 1. The molecule has 4 heteroatoms. The number of benzene rings is 2. The number of carbonyl (C=O) groups excluding carboxylic acids is 2. The molecular formula is C17H14FNO2. The summed E-state index contributed by atoms with van der Waals surface area (Å²) in [7, 11) is 0. The van der Waals surface area contributed by atoms with E-state index in [-0.39, 0.29) is 17.5 Å². The molecule has 0 aromatic heterocycles. The summed E-state index contributed by atoms with van der Waals surface area (Å²) in [4.78, 5) is 26.6. The van der Waals surface area contributed by atoms with Gasteiger partial charge in [0.15, 0.2) is 5.78 Å². The monoisotopic (exact) mass is 283 g/mol. The molecule has 1 heterocycles. The minimum Gasteiger partial charge on any atom is -0.324 e. The van der Waals surface area contributed by atoms with E-state index in [1.807, 2.05) is 13.0 Å². The van der Waals surface area contributed by atoms with Crippen LogP contribution in [-0.2, 0) is 0 Å². The Labute approximate surface area is 122 Å². The highest BCUT2D eigenvalue weighted by Crippen LogP contribution is 2.35. The first-order chi connectivity index (χ1) is 10.1. The van der Waals surface area contributed by atoms with E-state index in [1.165, 1.54) is 24.3 Å². The van der Waals surface area contributed by atoms with Gasteiger partial charge in [0.1, 0.15) is 11.9 Å². The van der Waals surface area contributed by atoms with E-state index < -0.39 is 6.04 Å². The third-order valence-corrected chi connectivity index (χ3v) is 3.78. The molecule has 21 heavy (non-hydrogen) atoms. The summed E-state index contributed by atoms with van der Waals surface area (Å²) < 4.78 is 13.0. The molecule has 0 fully saturated rings. The lowest BCUT2D eigenvalue weighted by Gasteiger charge is -2.22. The fraction of sp³-hybridized carbons (Fsp3) is 0.176. The first-order valence-corrected chi connectivity index (χ1v) is 6.83. The van der Waals surface area contributed by atoms with Crippen LogP contribution in [-0.4, -0.2) is 23.1 Å². The van der Waals surface area contributed by atoms with Gasteiger partial charge in [0.25, 0.3) is 5.91 Å². The van der Waals surface area contributed by atoms with Crippen LogP contribution in [0.15, 0.2) is 48.5 Å². The van der Waals surface area contributed by atoms with Gasteiger partial charge in [-0.3, -0.25) is 9.59 Å². The van der Waals surface area contributed by atoms with Crippen molar-refractivity contribution in [2.75, 3.05) is 6.54 Å². The maximum Gasteiger partial charge on any atom is 0.255 e. The predicted molar refractivity (Wildman–Crippen MR) is 76.6 cm³/mol. The summed E-state index contributed by atoms with van der Waals surface area (Å²) in [5.41, 5.74) is 1.70. The summed E-state index contributed by atoms with van der Waals surface area (Å²) in [5.74, 6) is -0.703. The summed E-state index contributed by atoms with van der Waals surface area (Å²) in [6, 6.07) is 11.9. The largest absolute Gasteiger partial charge is 0.324 e. The number of Topliss-reactive ketones (excluding diaryl/α,β-unsaturated/α-hetero) is 1. The van der Waals surface area contributed by atoms with Gasteiger partial charge >= 0.3 is 0 Å². The highest BCUT2D eigenvalue weighted by molar-refractivity contribution is 6.09. The Kier molecular flexibility index (Phi) is 3.29. The van der Waals surface area contributed by atoms with Crippen LogP contribution in [0.25, 0.3) is 0 Å². The molecule has 1 amide bonds. The molecule has 1 unspecified atom stereocenters. The summed E-state index contributed by atoms with van der Waals surface area (Å²) in [6.07, 6.45) is 0. The summed E-state index contributed by atoms with van der Waals surface area (Å²) in [5, 5.41) is 0. The van der Waals surface area contributed by atoms with Crippen LogP contribution in [0, 0.1) is 5.82 Å². The van der Waals surface area contributed by atoms with Crippen LogP contribution >= 0.6 is 0 Å². The first kappa shape index (κ1) is 13.5. The highest BCUT2D eigenvalue weighted by Gasteiger charge is 2.40. The van der Waals surface area contributed by atoms with Crippen molar-refractivity contribution in [3.05, 3.63) is 71.0 Å². The van der Waals surface area contributed by atoms with Crippen molar-refractivity contribution in [2.45, 2.75) is 13.0 Å². The molecule has 0 saturated heterocycles. The van der Waals surface area contributed by atoms with Crippen molar-refractivity contribution in [3.8, 4) is 0 Å². The van der Waals surface area contributed by atoms with Gasteiger partial charge in [-0.15, -0.1) is 0 Å². The minimum atomic E-state index is -0.621. The smallest absolute Gasteiger partial charge is 0.255 e. The van der Waals surface area contributed by atoms with E-state index in [0.717, 1.165) is 5.56 Å². The number of carbonyl (C=O) groups is 2. The van der Waals surface area contributed by atoms with Gasteiger partial charge < -0.3 is 4.90 Å². The normalized spacial score (nSPS) is 17.0. The molecule has 1 aliphatic rings. The molecule has 106 valence electrons. The molecule has 1 atom stereocenters. The number of hydrogen-bond donors (Lipinski definition) is 0. The van der Waals surface area contributed by atoms with Crippen molar-refractivity contribution in [3.63, 3.8) is 0 Å². The van der Waals surface area contributed by atoms with Gasteiger partial charge in [0.05, 0.1) is 0 Å². The van der Waals surface area contributed by atoms with E-state index in [9.17, 15) is 14.0 Å². The second-order valence-corrected chi connectivity index (χ2v) is 4.95. The SMILES string of the molecule is CCN1C(=O)c2ccccc2C1C(=O)c1ccc(F)cc1. The fourth-order valence-corrected chi connectivity index (χ4v) is 2.75. The van der Waals surface area contributed by atoms with Crippen LogP contribution in [0.2, 0.25) is 0 Å². The van der Waals surface area contributed by atoms with E-state index in [0.29, 0.717) is 17.7 Å². The van der Waals surface area contributed by atoms with Gasteiger partial charge in [0.2, 0.25) is 0 Å². The molecule has 3 rings (SSSR count). The average molecular weight is 283 g/mol. The zero-order valence-electron chi connectivity index (χ0n) is 11.5. The Morgan fingerprint density at radius 1 is 1.14 bits per heavy atom. The van der Waals surface area contributed by atoms with Crippen molar-refractivity contribution >= 4 is 11.7 Å². The number of amides is 1. The van der Waals surface area contributed by atoms with E-state index in [2.05, 4.69) is 0 Å². The standard InChI is InChI=1S/C17H14FNO2/c1-2-19-15(13-5-3-4-6-14(13)17(19)21)16(20)11-7-9-12(18)10-8-11/h3-10,15H,2H2,1H3. The molecule has 3 nitrogen and oxygen atoms in total. The molecule has 1 aliphatic heterocycles. The van der Waals surface area contributed by atoms with Crippen LogP contribution in [0.5, 0.6) is 0 Å². The maximum absolute atomic E-state index is 13.0. The Hall–Kier alpha value is -2.49. The quantitative estimate of drug-likeness (QED) is 0.811. The number of fused-ring (bicyclic) bond motifs is 1. The molecule has 0 N–H and O–H groups in total. The van der Waals surface area contributed by atoms with Gasteiger partial charge in [-0.2, -0.15) is 0 Å². The zero-order chi connectivity index (χ0) is 15.0. The third kappa shape index (κ3) is 2.13. The molecule has 0 spiro atoms. The van der Waals surface area contributed by atoms with Crippen molar-refractivity contribution in [1.82, 2.24) is 4.90 Å². The Morgan fingerprint density at radius 2 is 1.81 bits per heavy atom. The maximum atomic E-state index is 13.0. The lowest BCUT2D eigenvalue weighted by molar-refractivity contribution is 0.0665. The molecule has 2 aromatic rings. The predicted octanol–water partition coefficient (Wildman–Crippen LogP) is 3.23. The van der Waals surface area contributed by atoms with Gasteiger partial charge in [-0.1, -0.05) is 18.2 Å². The first-order valence-electron chi connectivity index (χ1n) is 6.83. The van der Waals surface area contributed by atoms with Crippen LogP contribution in [0.3, 0.4) is 0 Å². The highest BCUT2D eigenvalue weighted by atomic mass is 19.1. The topological polar surface area (TPSA) is 37.4 Å². The molecule has 0 bridgehead atoms. The Bertz CT molecular complexity index is 709. The number of rotatable bonds is 3. The van der Waals surface area contributed by atoms with E-state index in [1.54, 1.807) is 23.1 Å². The Morgan fingerprint density at radius 3 is 2.48 bits per heavy atom. The summed E-state index contributed by atoms with van der Waals surface area (Å²) >= 11 is 0. The number of nitrogens with zero attached hydrogens (tertiary/aromatic N) is 1. The molecule has 2 aromatic carbocycles. The van der Waals surface area contributed by atoms with Gasteiger partial charge in [-0.05, 0) is 42.8 Å². The molecule has 0 aliphatic carbocycles. The van der Waals surface area contributed by atoms with Crippen molar-refractivity contribution in [2.24, 2.45) is 0 Å². The second-order valence-electron chi connectivity index (χ2n) is 4.95. The van der Waals surface area contributed by atoms with Gasteiger partial charge in [-0.25, -0.2) is 4.39 Å². The third-order valence-electron chi connectivity index (χ3n) is 3.78. The minimum absolute atomic E-state index is 0.131. The second kappa shape index (κ2) is 5.13. The fourth-order valence-electron chi connectivity index (χ4n) is 2.75. The van der Waals surface area contributed by atoms with Crippen LogP contribution in [0.1, 0.15) is 39.2 Å². The zero-order valence-corrected chi connectivity index (χ0v) is 11.5. The number of likely N-dealkylation sites (N-methyl/N-ethyl adjacent to an activating group) is 1. The van der Waals surface area contributed by atoms with Gasteiger partial charge in [0, 0.05) is 17.7 Å². The summed E-state index contributed by atoms with van der Waals surface area (Å²) in [6.45, 7) is 2.29. The molecular weight excluding hydrogens is 269 g/mol. The number of ketones is 1. The van der Waals surface area contributed by atoms with Crippen molar-refractivity contribution < 1.29 is 14.0 Å².